The van der Waals surface area contributed by atoms with Crippen molar-refractivity contribution >= 4 is 11.6 Å². The van der Waals surface area contributed by atoms with E-state index in [-0.39, 0.29) is 18.3 Å². The van der Waals surface area contributed by atoms with Crippen molar-refractivity contribution < 1.29 is 19.0 Å². The van der Waals surface area contributed by atoms with Crippen molar-refractivity contribution in [1.82, 2.24) is 5.32 Å². The highest BCUT2D eigenvalue weighted by molar-refractivity contribution is 5.92. The molecular weight excluding hydrogens is 251 g/mol. The van der Waals surface area contributed by atoms with Gasteiger partial charge in [-0.3, -0.25) is 4.79 Å². The number of ether oxygens (including phenoxy) is 1. The first kappa shape index (κ1) is 13.9. The molecule has 3 N–H and O–H groups in total. The van der Waals surface area contributed by atoms with Gasteiger partial charge in [0, 0.05) is 25.3 Å². The number of carbonyl (C=O) groups excluding carboxylic acids is 1. The summed E-state index contributed by atoms with van der Waals surface area (Å²) in [5.41, 5.74) is -0.341. The van der Waals surface area contributed by atoms with Crippen molar-refractivity contribution in [1.29, 1.82) is 0 Å². The topological polar surface area (TPSA) is 70.6 Å². The van der Waals surface area contributed by atoms with Gasteiger partial charge in [-0.1, -0.05) is 0 Å². The maximum Gasteiger partial charge on any atom is 0.238 e. The molecule has 0 spiro atoms. The summed E-state index contributed by atoms with van der Waals surface area (Å²) in [6.07, 6.45) is 0.569. The Kier molecular flexibility index (Phi) is 4.47. The van der Waals surface area contributed by atoms with Crippen molar-refractivity contribution in [3.05, 3.63) is 30.1 Å². The Morgan fingerprint density at radius 2 is 2.16 bits per heavy atom. The minimum Gasteiger partial charge on any atom is -0.386 e. The molecule has 1 fully saturated rings. The summed E-state index contributed by atoms with van der Waals surface area (Å²) in [5, 5.41) is 15.5. The number of hydrogen-bond acceptors (Lipinski definition) is 4. The van der Waals surface area contributed by atoms with Gasteiger partial charge in [-0.15, -0.1) is 0 Å². The summed E-state index contributed by atoms with van der Waals surface area (Å²) in [5.74, 6) is -0.589. The van der Waals surface area contributed by atoms with Crippen molar-refractivity contribution in [2.45, 2.75) is 12.0 Å². The average Bonchev–Trinajstić information content (AvgIpc) is 2.79. The molecule has 6 heteroatoms. The predicted molar refractivity (Wildman–Crippen MR) is 68.3 cm³/mol. The van der Waals surface area contributed by atoms with Gasteiger partial charge >= 0.3 is 0 Å². The lowest BCUT2D eigenvalue weighted by molar-refractivity contribution is -0.115. The largest absolute Gasteiger partial charge is 0.386 e. The molecule has 2 rings (SSSR count). The SMILES string of the molecule is O=C(CNCC1(O)CCOC1)Nc1ccc(F)cc1. The first-order valence-electron chi connectivity index (χ1n) is 6.14. The van der Waals surface area contributed by atoms with Crippen LogP contribution in [0.3, 0.4) is 0 Å². The number of anilines is 1. The molecule has 1 aliphatic rings. The van der Waals surface area contributed by atoms with Gasteiger partial charge in [0.05, 0.1) is 13.2 Å². The third kappa shape index (κ3) is 4.27. The Labute approximate surface area is 110 Å². The zero-order chi connectivity index (χ0) is 13.7. The minimum absolute atomic E-state index is 0.0830. The Morgan fingerprint density at radius 3 is 2.79 bits per heavy atom. The Hall–Kier alpha value is -1.50. The van der Waals surface area contributed by atoms with Gasteiger partial charge < -0.3 is 20.5 Å². The van der Waals surface area contributed by atoms with Crippen LogP contribution in [0.25, 0.3) is 0 Å². The Morgan fingerprint density at radius 1 is 1.42 bits per heavy atom. The Balaban J connectivity index is 1.71. The standard InChI is InChI=1S/C13H17FN2O3/c14-10-1-3-11(4-2-10)16-12(17)7-15-8-13(18)5-6-19-9-13/h1-4,15,18H,5-9H2,(H,16,17). The monoisotopic (exact) mass is 268 g/mol. The van der Waals surface area contributed by atoms with Crippen LogP contribution in [-0.4, -0.2) is 42.9 Å². The van der Waals surface area contributed by atoms with Crippen LogP contribution in [0.5, 0.6) is 0 Å². The lowest BCUT2D eigenvalue weighted by Gasteiger charge is -2.20. The molecule has 19 heavy (non-hydrogen) atoms. The van der Waals surface area contributed by atoms with Crippen LogP contribution in [0.2, 0.25) is 0 Å². The maximum atomic E-state index is 12.7. The molecule has 0 saturated carbocycles. The van der Waals surface area contributed by atoms with Crippen LogP contribution >= 0.6 is 0 Å². The Bertz CT molecular complexity index is 430. The second kappa shape index (κ2) is 6.10. The highest BCUT2D eigenvalue weighted by atomic mass is 19.1. The van der Waals surface area contributed by atoms with Crippen LogP contribution in [0.15, 0.2) is 24.3 Å². The maximum absolute atomic E-state index is 12.7. The van der Waals surface area contributed by atoms with Crippen LogP contribution < -0.4 is 10.6 Å². The van der Waals surface area contributed by atoms with E-state index in [4.69, 9.17) is 4.74 Å². The molecule has 0 bridgehead atoms. The highest BCUT2D eigenvalue weighted by Crippen LogP contribution is 2.16. The second-order valence-corrected chi connectivity index (χ2v) is 4.69. The van der Waals surface area contributed by atoms with E-state index in [0.717, 1.165) is 0 Å². The average molecular weight is 268 g/mol. The van der Waals surface area contributed by atoms with Crippen molar-refractivity contribution in [3.8, 4) is 0 Å². The molecule has 0 aliphatic carbocycles. The molecule has 5 nitrogen and oxygen atoms in total. The first-order chi connectivity index (χ1) is 9.07. The number of benzene rings is 1. The number of halogens is 1. The van der Waals surface area contributed by atoms with E-state index < -0.39 is 5.60 Å². The van der Waals surface area contributed by atoms with Gasteiger partial charge in [0.1, 0.15) is 11.4 Å². The molecule has 1 aromatic rings. The van der Waals surface area contributed by atoms with E-state index in [9.17, 15) is 14.3 Å². The molecule has 1 unspecified atom stereocenters. The predicted octanol–water partition coefficient (Wildman–Crippen LogP) is 0.505. The molecule has 1 atom stereocenters. The summed E-state index contributed by atoms with van der Waals surface area (Å²) in [4.78, 5) is 11.6. The first-order valence-corrected chi connectivity index (χ1v) is 6.14. The summed E-state index contributed by atoms with van der Waals surface area (Å²) in [6, 6.07) is 5.54. The van der Waals surface area contributed by atoms with E-state index in [1.165, 1.54) is 24.3 Å². The third-order valence-corrected chi connectivity index (χ3v) is 2.95. The van der Waals surface area contributed by atoms with Crippen LogP contribution in [-0.2, 0) is 9.53 Å². The number of nitrogens with one attached hydrogen (secondary N) is 2. The van der Waals surface area contributed by atoms with Gasteiger partial charge in [-0.2, -0.15) is 0 Å². The van der Waals surface area contributed by atoms with Gasteiger partial charge in [0.2, 0.25) is 5.91 Å². The smallest absolute Gasteiger partial charge is 0.238 e. The molecular formula is C13H17FN2O3. The fraction of sp³-hybridized carbons (Fsp3) is 0.462. The number of aliphatic hydroxyl groups is 1. The van der Waals surface area contributed by atoms with E-state index in [1.54, 1.807) is 0 Å². The van der Waals surface area contributed by atoms with Crippen LogP contribution in [0.1, 0.15) is 6.42 Å². The lowest BCUT2D eigenvalue weighted by atomic mass is 10.0. The van der Waals surface area contributed by atoms with E-state index in [1.807, 2.05) is 0 Å². The molecule has 0 aromatic heterocycles. The zero-order valence-electron chi connectivity index (χ0n) is 10.5. The minimum atomic E-state index is -0.879. The quantitative estimate of drug-likeness (QED) is 0.727. The van der Waals surface area contributed by atoms with Gasteiger partial charge in [0.15, 0.2) is 0 Å². The summed E-state index contributed by atoms with van der Waals surface area (Å²) >= 11 is 0. The highest BCUT2D eigenvalue weighted by Gasteiger charge is 2.31. The summed E-state index contributed by atoms with van der Waals surface area (Å²) < 4.78 is 17.8. The molecule has 1 heterocycles. The second-order valence-electron chi connectivity index (χ2n) is 4.69. The molecule has 1 aromatic carbocycles. The van der Waals surface area contributed by atoms with Crippen molar-refractivity contribution in [2.75, 3.05) is 31.6 Å². The van der Waals surface area contributed by atoms with E-state index >= 15 is 0 Å². The molecule has 104 valence electrons. The van der Waals surface area contributed by atoms with E-state index in [0.29, 0.717) is 31.9 Å². The van der Waals surface area contributed by atoms with Gasteiger partial charge in [0.25, 0.3) is 0 Å². The number of rotatable bonds is 5. The summed E-state index contributed by atoms with van der Waals surface area (Å²) in [7, 11) is 0. The summed E-state index contributed by atoms with van der Waals surface area (Å²) in [6.45, 7) is 1.23. The van der Waals surface area contributed by atoms with Gasteiger partial charge in [-0.25, -0.2) is 4.39 Å². The van der Waals surface area contributed by atoms with Gasteiger partial charge in [-0.05, 0) is 24.3 Å². The fourth-order valence-electron chi connectivity index (χ4n) is 1.88. The number of amides is 1. The third-order valence-electron chi connectivity index (χ3n) is 2.95. The zero-order valence-corrected chi connectivity index (χ0v) is 10.5. The molecule has 1 aliphatic heterocycles. The molecule has 0 radical (unpaired) electrons. The lowest BCUT2D eigenvalue weighted by Crippen LogP contribution is -2.43. The van der Waals surface area contributed by atoms with Crippen molar-refractivity contribution in [3.63, 3.8) is 0 Å². The van der Waals surface area contributed by atoms with Crippen molar-refractivity contribution in [2.24, 2.45) is 0 Å². The number of hydrogen-bond donors (Lipinski definition) is 3. The molecule has 1 saturated heterocycles. The van der Waals surface area contributed by atoms with Crippen LogP contribution in [0, 0.1) is 5.82 Å². The number of carbonyl (C=O) groups is 1. The van der Waals surface area contributed by atoms with Crippen LogP contribution in [0.4, 0.5) is 10.1 Å². The van der Waals surface area contributed by atoms with E-state index in [2.05, 4.69) is 10.6 Å². The molecule has 1 amide bonds. The fourth-order valence-corrected chi connectivity index (χ4v) is 1.88. The normalized spacial score (nSPS) is 22.4.